The van der Waals surface area contributed by atoms with Gasteiger partial charge in [-0.25, -0.2) is 0 Å². The van der Waals surface area contributed by atoms with Crippen molar-refractivity contribution in [3.05, 3.63) is 132 Å². The highest BCUT2D eigenvalue weighted by molar-refractivity contribution is 5.90. The lowest BCUT2D eigenvalue weighted by Crippen LogP contribution is -1.81. The topological polar surface area (TPSA) is 24.7 Å². The van der Waals surface area contributed by atoms with Gasteiger partial charge in [-0.15, -0.1) is 0 Å². The molecule has 0 fully saturated rings. The Morgan fingerprint density at radius 3 is 1.22 bits per heavy atom. The number of benzene rings is 4. The first-order valence-corrected chi connectivity index (χ1v) is 10.6. The quantitative estimate of drug-likeness (QED) is 0.273. The SMILES string of the molecule is C(/C=C/c1ccccc1)=Nc1ccccc1-c1ccccc1N=C/C=C/c1ccccc1. The third kappa shape index (κ3) is 5.87. The van der Waals surface area contributed by atoms with Crippen LogP contribution in [0.5, 0.6) is 0 Å². The van der Waals surface area contributed by atoms with Gasteiger partial charge >= 0.3 is 0 Å². The molecule has 0 aliphatic rings. The molecule has 4 rings (SSSR count). The first kappa shape index (κ1) is 21.0. The molecule has 0 aliphatic carbocycles. The molecule has 2 nitrogen and oxygen atoms in total. The van der Waals surface area contributed by atoms with Crippen LogP contribution in [0.3, 0.4) is 0 Å². The van der Waals surface area contributed by atoms with E-state index >= 15 is 0 Å². The molecule has 4 aromatic carbocycles. The molecule has 0 atom stereocenters. The second-order valence-electron chi connectivity index (χ2n) is 7.13. The number of hydrogen-bond donors (Lipinski definition) is 0. The fraction of sp³-hybridized carbons (Fsp3) is 0. The van der Waals surface area contributed by atoms with E-state index in [2.05, 4.69) is 36.4 Å². The van der Waals surface area contributed by atoms with Crippen molar-refractivity contribution in [3.63, 3.8) is 0 Å². The summed E-state index contributed by atoms with van der Waals surface area (Å²) in [5, 5.41) is 0. The molecule has 0 spiro atoms. The third-order valence-electron chi connectivity index (χ3n) is 4.87. The highest BCUT2D eigenvalue weighted by Crippen LogP contribution is 2.36. The Morgan fingerprint density at radius 2 is 0.781 bits per heavy atom. The molecule has 2 heteroatoms. The van der Waals surface area contributed by atoms with Crippen molar-refractivity contribution in [2.24, 2.45) is 9.98 Å². The summed E-state index contributed by atoms with van der Waals surface area (Å²) in [6, 6.07) is 36.7. The molecular weight excluding hydrogens is 388 g/mol. The van der Waals surface area contributed by atoms with E-state index in [1.165, 1.54) is 0 Å². The zero-order valence-electron chi connectivity index (χ0n) is 17.8. The van der Waals surface area contributed by atoms with Gasteiger partial charge in [-0.05, 0) is 35.4 Å². The van der Waals surface area contributed by atoms with Gasteiger partial charge < -0.3 is 0 Å². The van der Waals surface area contributed by atoms with E-state index in [0.29, 0.717) is 0 Å². The van der Waals surface area contributed by atoms with Crippen LogP contribution in [-0.4, -0.2) is 12.4 Å². The van der Waals surface area contributed by atoms with Crippen LogP contribution in [0.1, 0.15) is 11.1 Å². The predicted molar refractivity (Wildman–Crippen MR) is 139 cm³/mol. The lowest BCUT2D eigenvalue weighted by Gasteiger charge is -2.08. The van der Waals surface area contributed by atoms with Gasteiger partial charge in [0.1, 0.15) is 0 Å². The molecule has 0 N–H and O–H groups in total. The summed E-state index contributed by atoms with van der Waals surface area (Å²) in [4.78, 5) is 9.39. The molecule has 0 aliphatic heterocycles. The van der Waals surface area contributed by atoms with Gasteiger partial charge in [0, 0.05) is 23.6 Å². The molecule has 0 saturated heterocycles. The van der Waals surface area contributed by atoms with Crippen LogP contribution in [0.15, 0.2) is 131 Å². The second kappa shape index (κ2) is 11.2. The molecule has 0 bridgehead atoms. The molecule has 32 heavy (non-hydrogen) atoms. The summed E-state index contributed by atoms with van der Waals surface area (Å²) >= 11 is 0. The summed E-state index contributed by atoms with van der Waals surface area (Å²) in [6.07, 6.45) is 11.7. The summed E-state index contributed by atoms with van der Waals surface area (Å²) in [7, 11) is 0. The maximum absolute atomic E-state index is 4.70. The van der Waals surface area contributed by atoms with Gasteiger partial charge in [-0.3, -0.25) is 9.98 Å². The number of nitrogens with zero attached hydrogens (tertiary/aromatic N) is 2. The Kier molecular flexibility index (Phi) is 7.33. The van der Waals surface area contributed by atoms with E-state index in [-0.39, 0.29) is 0 Å². The second-order valence-corrected chi connectivity index (χ2v) is 7.13. The Bertz CT molecular complexity index is 1150. The van der Waals surface area contributed by atoms with E-state index in [0.717, 1.165) is 33.6 Å². The number of allylic oxidation sites excluding steroid dienone is 2. The lowest BCUT2D eigenvalue weighted by molar-refractivity contribution is 1.48. The third-order valence-corrected chi connectivity index (χ3v) is 4.87. The van der Waals surface area contributed by atoms with Crippen molar-refractivity contribution in [3.8, 4) is 11.1 Å². The highest BCUT2D eigenvalue weighted by Gasteiger charge is 2.07. The van der Waals surface area contributed by atoms with Crippen molar-refractivity contribution in [1.82, 2.24) is 0 Å². The Hall–Kier alpha value is -4.30. The zero-order valence-corrected chi connectivity index (χ0v) is 17.8. The molecule has 0 radical (unpaired) electrons. The lowest BCUT2D eigenvalue weighted by atomic mass is 10.0. The van der Waals surface area contributed by atoms with Crippen molar-refractivity contribution in [2.75, 3.05) is 0 Å². The van der Waals surface area contributed by atoms with Crippen LogP contribution < -0.4 is 0 Å². The Balaban J connectivity index is 1.55. The van der Waals surface area contributed by atoms with Crippen LogP contribution in [-0.2, 0) is 0 Å². The maximum atomic E-state index is 4.70. The monoisotopic (exact) mass is 412 g/mol. The van der Waals surface area contributed by atoms with Crippen LogP contribution in [0.2, 0.25) is 0 Å². The first-order valence-electron chi connectivity index (χ1n) is 10.6. The summed E-state index contributed by atoms with van der Waals surface area (Å²) < 4.78 is 0. The Morgan fingerprint density at radius 1 is 0.406 bits per heavy atom. The van der Waals surface area contributed by atoms with Gasteiger partial charge in [-0.1, -0.05) is 109 Å². The minimum atomic E-state index is 0.910. The average Bonchev–Trinajstić information content (AvgIpc) is 2.86. The van der Waals surface area contributed by atoms with Gasteiger partial charge in [0.15, 0.2) is 0 Å². The van der Waals surface area contributed by atoms with Gasteiger partial charge in [0.2, 0.25) is 0 Å². The molecule has 0 amide bonds. The van der Waals surface area contributed by atoms with Crippen LogP contribution >= 0.6 is 0 Å². The molecular formula is C30H24N2. The molecule has 0 unspecified atom stereocenters. The highest BCUT2D eigenvalue weighted by atomic mass is 14.7. The molecule has 4 aromatic rings. The normalized spacial score (nSPS) is 11.9. The minimum Gasteiger partial charge on any atom is -0.256 e. The summed E-state index contributed by atoms with van der Waals surface area (Å²) in [5.74, 6) is 0. The van der Waals surface area contributed by atoms with Gasteiger partial charge in [0.05, 0.1) is 11.4 Å². The largest absolute Gasteiger partial charge is 0.256 e. The molecule has 0 heterocycles. The smallest absolute Gasteiger partial charge is 0.0708 e. The number of aliphatic imine (C=N–C) groups is 2. The van der Waals surface area contributed by atoms with E-state index < -0.39 is 0 Å². The van der Waals surface area contributed by atoms with Crippen molar-refractivity contribution in [2.45, 2.75) is 0 Å². The fourth-order valence-corrected chi connectivity index (χ4v) is 3.31. The first-order chi connectivity index (χ1) is 15.9. The maximum Gasteiger partial charge on any atom is 0.0708 e. The minimum absolute atomic E-state index is 0.910. The van der Waals surface area contributed by atoms with Crippen molar-refractivity contribution in [1.29, 1.82) is 0 Å². The van der Waals surface area contributed by atoms with Crippen LogP contribution in [0, 0.1) is 0 Å². The van der Waals surface area contributed by atoms with Crippen molar-refractivity contribution < 1.29 is 0 Å². The summed E-state index contributed by atoms with van der Waals surface area (Å²) in [6.45, 7) is 0. The molecule has 154 valence electrons. The van der Waals surface area contributed by atoms with Crippen molar-refractivity contribution >= 4 is 36.0 Å². The summed E-state index contributed by atoms with van der Waals surface area (Å²) in [5.41, 5.74) is 6.22. The van der Waals surface area contributed by atoms with Gasteiger partial charge in [0.25, 0.3) is 0 Å². The fourth-order valence-electron chi connectivity index (χ4n) is 3.31. The van der Waals surface area contributed by atoms with Crippen LogP contribution in [0.4, 0.5) is 11.4 Å². The standard InChI is InChI=1S/C30H24N2/c1-3-13-25(14-4-1)17-11-23-31-29-21-9-7-19-27(29)28-20-8-10-22-30(28)32-24-12-18-26-15-5-2-6-16-26/h1-24H/b17-11+,18-12+,31-23?,32-24?. The van der Waals surface area contributed by atoms with E-state index in [4.69, 9.17) is 9.98 Å². The predicted octanol–water partition coefficient (Wildman–Crippen LogP) is 8.19. The van der Waals surface area contributed by atoms with E-state index in [9.17, 15) is 0 Å². The van der Waals surface area contributed by atoms with Gasteiger partial charge in [-0.2, -0.15) is 0 Å². The number of rotatable bonds is 7. The van der Waals surface area contributed by atoms with E-state index in [1.807, 2.05) is 110 Å². The number of hydrogen-bond acceptors (Lipinski definition) is 2. The molecule has 0 saturated carbocycles. The van der Waals surface area contributed by atoms with E-state index in [1.54, 1.807) is 0 Å². The van der Waals surface area contributed by atoms with Crippen LogP contribution in [0.25, 0.3) is 23.3 Å². The average molecular weight is 413 g/mol. The zero-order chi connectivity index (χ0) is 21.8. The Labute approximate surface area is 189 Å². The number of para-hydroxylation sites is 2. The molecule has 0 aromatic heterocycles.